The lowest BCUT2D eigenvalue weighted by molar-refractivity contribution is -0.117. The van der Waals surface area contributed by atoms with Crippen molar-refractivity contribution in [3.05, 3.63) is 24.0 Å². The van der Waals surface area contributed by atoms with Crippen molar-refractivity contribution in [3.63, 3.8) is 0 Å². The number of amides is 1. The van der Waals surface area contributed by atoms with Gasteiger partial charge in [0.15, 0.2) is 5.13 Å². The predicted octanol–water partition coefficient (Wildman–Crippen LogP) is 5.46. The average Bonchev–Trinajstić information content (AvgIpc) is 3.23. The fourth-order valence-electron chi connectivity index (χ4n) is 3.00. The molecule has 1 aliphatic rings. The number of rotatable bonds is 7. The topological polar surface area (TPSA) is 68.0 Å². The Labute approximate surface area is 157 Å². The van der Waals surface area contributed by atoms with Crippen molar-refractivity contribution in [1.29, 1.82) is 0 Å². The first kappa shape index (κ1) is 18.5. The minimum Gasteiger partial charge on any atom is -0.445 e. The van der Waals surface area contributed by atoms with Gasteiger partial charge in [0.1, 0.15) is 5.76 Å². The maximum Gasteiger partial charge on any atom is 0.226 e. The van der Waals surface area contributed by atoms with Crippen molar-refractivity contribution in [2.24, 2.45) is 5.92 Å². The van der Waals surface area contributed by atoms with Crippen LogP contribution in [0.3, 0.4) is 0 Å². The lowest BCUT2D eigenvalue weighted by Gasteiger charge is -2.20. The van der Waals surface area contributed by atoms with Crippen molar-refractivity contribution in [2.45, 2.75) is 68.3 Å². The lowest BCUT2D eigenvalue weighted by atomic mass is 9.87. The molecule has 0 spiro atoms. The van der Waals surface area contributed by atoms with Gasteiger partial charge in [0.2, 0.25) is 11.8 Å². The molecule has 0 radical (unpaired) electrons. The van der Waals surface area contributed by atoms with Crippen LogP contribution in [0, 0.1) is 5.92 Å². The van der Waals surface area contributed by atoms with E-state index in [1.165, 1.54) is 43.4 Å². The minimum absolute atomic E-state index is 0.0899. The van der Waals surface area contributed by atoms with Gasteiger partial charge in [-0.2, -0.15) is 0 Å². The molecule has 1 aliphatic carbocycles. The Morgan fingerprint density at radius 1 is 1.32 bits per heavy atom. The van der Waals surface area contributed by atoms with Gasteiger partial charge >= 0.3 is 0 Å². The van der Waals surface area contributed by atoms with Crippen LogP contribution in [0.1, 0.15) is 69.9 Å². The van der Waals surface area contributed by atoms with Gasteiger partial charge in [-0.15, -0.1) is 11.8 Å². The lowest BCUT2D eigenvalue weighted by Crippen LogP contribution is -2.18. The Hall–Kier alpha value is -1.34. The fourth-order valence-corrected chi connectivity index (χ4v) is 4.74. The molecule has 2 aromatic heterocycles. The van der Waals surface area contributed by atoms with E-state index in [1.807, 2.05) is 0 Å². The number of oxazole rings is 1. The zero-order chi connectivity index (χ0) is 17.6. The first-order valence-electron chi connectivity index (χ1n) is 8.93. The quantitative estimate of drug-likeness (QED) is 0.647. The second kappa shape index (κ2) is 8.85. The molecule has 2 heterocycles. The molecule has 2 aromatic rings. The molecule has 1 N–H and O–H groups in total. The zero-order valence-electron chi connectivity index (χ0n) is 14.8. The Balaban J connectivity index is 1.45. The summed E-state index contributed by atoms with van der Waals surface area (Å²) in [5.74, 6) is 3.29. The summed E-state index contributed by atoms with van der Waals surface area (Å²) in [4.78, 5) is 20.8. The maximum absolute atomic E-state index is 12.2. The van der Waals surface area contributed by atoms with Gasteiger partial charge in [0.05, 0.1) is 22.4 Å². The Kier molecular flexibility index (Phi) is 6.53. The molecule has 136 valence electrons. The van der Waals surface area contributed by atoms with Crippen LogP contribution in [0.5, 0.6) is 0 Å². The second-order valence-electron chi connectivity index (χ2n) is 6.84. The third-order valence-corrected chi connectivity index (χ3v) is 6.50. The Morgan fingerprint density at radius 3 is 2.84 bits per heavy atom. The summed E-state index contributed by atoms with van der Waals surface area (Å²) >= 11 is 3.14. The highest BCUT2D eigenvalue weighted by Crippen LogP contribution is 2.32. The highest BCUT2D eigenvalue weighted by molar-refractivity contribution is 8.00. The van der Waals surface area contributed by atoms with E-state index >= 15 is 0 Å². The van der Waals surface area contributed by atoms with Crippen LogP contribution in [0.25, 0.3) is 0 Å². The number of nitrogens with zero attached hydrogens (tertiary/aromatic N) is 2. The van der Waals surface area contributed by atoms with E-state index in [2.05, 4.69) is 29.1 Å². The Morgan fingerprint density at radius 2 is 2.12 bits per heavy atom. The van der Waals surface area contributed by atoms with E-state index in [9.17, 15) is 4.79 Å². The zero-order valence-corrected chi connectivity index (χ0v) is 16.4. The number of hydrogen-bond donors (Lipinski definition) is 1. The van der Waals surface area contributed by atoms with E-state index < -0.39 is 0 Å². The molecule has 1 saturated carbocycles. The molecule has 0 unspecified atom stereocenters. The second-order valence-corrected chi connectivity index (χ2v) is 9.15. The summed E-state index contributed by atoms with van der Waals surface area (Å²) in [5.41, 5.74) is 0. The predicted molar refractivity (Wildman–Crippen MR) is 102 cm³/mol. The highest BCUT2D eigenvalue weighted by atomic mass is 32.2. The molecule has 0 saturated heterocycles. The van der Waals surface area contributed by atoms with Gasteiger partial charge in [0.25, 0.3) is 0 Å². The van der Waals surface area contributed by atoms with Crippen LogP contribution in [-0.4, -0.2) is 15.9 Å². The Bertz CT molecular complexity index is 690. The van der Waals surface area contributed by atoms with Crippen molar-refractivity contribution in [2.75, 3.05) is 5.32 Å². The first-order chi connectivity index (χ1) is 12.1. The van der Waals surface area contributed by atoms with Gasteiger partial charge in [-0.3, -0.25) is 4.79 Å². The number of thiazole rings is 1. The number of nitrogens with one attached hydrogen (secondary N) is 1. The van der Waals surface area contributed by atoms with Gasteiger partial charge in [-0.25, -0.2) is 9.97 Å². The van der Waals surface area contributed by atoms with E-state index in [0.717, 1.165) is 15.9 Å². The SMILES string of the molecule is CC(C)c1cnc(CSc2cnc(NC(=O)CC3CCCCC3)s2)o1. The molecule has 7 heteroatoms. The van der Waals surface area contributed by atoms with Crippen LogP contribution in [-0.2, 0) is 10.5 Å². The number of anilines is 1. The number of carbonyl (C=O) groups is 1. The van der Waals surface area contributed by atoms with Gasteiger partial charge in [0, 0.05) is 12.3 Å². The third kappa shape index (κ3) is 5.57. The van der Waals surface area contributed by atoms with Crippen molar-refractivity contribution >= 4 is 34.1 Å². The molecule has 3 rings (SSSR count). The average molecular weight is 380 g/mol. The largest absolute Gasteiger partial charge is 0.445 e. The summed E-state index contributed by atoms with van der Waals surface area (Å²) in [6, 6.07) is 0. The molecule has 0 bridgehead atoms. The van der Waals surface area contributed by atoms with Gasteiger partial charge < -0.3 is 9.73 Å². The first-order valence-corrected chi connectivity index (χ1v) is 10.7. The third-order valence-electron chi connectivity index (χ3n) is 4.41. The number of thioether (sulfide) groups is 1. The molecule has 25 heavy (non-hydrogen) atoms. The molecule has 0 aliphatic heterocycles. The number of aromatic nitrogens is 2. The number of hydrogen-bond acceptors (Lipinski definition) is 6. The van der Waals surface area contributed by atoms with E-state index in [-0.39, 0.29) is 5.91 Å². The molecule has 0 atom stereocenters. The molecule has 1 amide bonds. The van der Waals surface area contributed by atoms with Crippen molar-refractivity contribution in [1.82, 2.24) is 9.97 Å². The summed E-state index contributed by atoms with van der Waals surface area (Å²) in [6.45, 7) is 4.17. The van der Waals surface area contributed by atoms with Gasteiger partial charge in [-0.05, 0) is 18.8 Å². The van der Waals surface area contributed by atoms with Crippen molar-refractivity contribution in [3.8, 4) is 0 Å². The van der Waals surface area contributed by atoms with Crippen LogP contribution >= 0.6 is 23.1 Å². The fraction of sp³-hybridized carbons (Fsp3) is 0.611. The maximum atomic E-state index is 12.2. The smallest absolute Gasteiger partial charge is 0.226 e. The van der Waals surface area contributed by atoms with Crippen LogP contribution < -0.4 is 5.32 Å². The van der Waals surface area contributed by atoms with Crippen LogP contribution in [0.2, 0.25) is 0 Å². The molecule has 1 fully saturated rings. The molecular weight excluding hydrogens is 354 g/mol. The normalized spacial score (nSPS) is 15.6. The molecule has 0 aromatic carbocycles. The summed E-state index contributed by atoms with van der Waals surface area (Å²) in [6.07, 6.45) is 10.4. The summed E-state index contributed by atoms with van der Waals surface area (Å²) in [5, 5.41) is 3.62. The van der Waals surface area contributed by atoms with E-state index in [0.29, 0.717) is 29.1 Å². The molecular formula is C18H25N3O2S2. The van der Waals surface area contributed by atoms with Gasteiger partial charge in [-0.1, -0.05) is 44.4 Å². The monoisotopic (exact) mass is 379 g/mol. The number of carbonyl (C=O) groups excluding carboxylic acids is 1. The minimum atomic E-state index is 0.0899. The highest BCUT2D eigenvalue weighted by Gasteiger charge is 2.18. The summed E-state index contributed by atoms with van der Waals surface area (Å²) in [7, 11) is 0. The van der Waals surface area contributed by atoms with Crippen molar-refractivity contribution < 1.29 is 9.21 Å². The molecule has 5 nitrogen and oxygen atoms in total. The van der Waals surface area contributed by atoms with E-state index in [1.54, 1.807) is 24.2 Å². The van der Waals surface area contributed by atoms with E-state index in [4.69, 9.17) is 4.42 Å². The summed E-state index contributed by atoms with van der Waals surface area (Å²) < 4.78 is 6.76. The standard InChI is InChI=1S/C18H25N3O2S2/c1-12(2)14-9-19-16(23-14)11-24-17-10-20-18(25-17)21-15(22)8-13-6-4-3-5-7-13/h9-10,12-13H,3-8,11H2,1-2H3,(H,20,21,22). The van der Waals surface area contributed by atoms with Crippen LogP contribution in [0.15, 0.2) is 21.0 Å². The van der Waals surface area contributed by atoms with Crippen LogP contribution in [0.4, 0.5) is 5.13 Å².